The van der Waals surface area contributed by atoms with E-state index >= 15 is 0 Å². The number of fused-ring (bicyclic) bond motifs is 1. The zero-order valence-corrected chi connectivity index (χ0v) is 16.2. The lowest BCUT2D eigenvalue weighted by Gasteiger charge is -2.16. The van der Waals surface area contributed by atoms with Crippen molar-refractivity contribution in [3.8, 4) is 0 Å². The lowest BCUT2D eigenvalue weighted by molar-refractivity contribution is 0.859. The summed E-state index contributed by atoms with van der Waals surface area (Å²) in [4.78, 5) is 17.0. The number of H-pyrrole nitrogens is 1. The smallest absolute Gasteiger partial charge is 0.225 e. The summed E-state index contributed by atoms with van der Waals surface area (Å²) in [5, 5.41) is 7.98. The van der Waals surface area contributed by atoms with Gasteiger partial charge in [0, 0.05) is 23.5 Å². The summed E-state index contributed by atoms with van der Waals surface area (Å²) in [7, 11) is 0. The van der Waals surface area contributed by atoms with Crippen LogP contribution in [0.1, 0.15) is 37.1 Å². The highest BCUT2D eigenvalue weighted by molar-refractivity contribution is 6.05. The van der Waals surface area contributed by atoms with Crippen molar-refractivity contribution < 1.29 is 0 Å². The van der Waals surface area contributed by atoms with Gasteiger partial charge in [-0.05, 0) is 73.4 Å². The van der Waals surface area contributed by atoms with Crippen LogP contribution < -0.4 is 10.6 Å². The summed E-state index contributed by atoms with van der Waals surface area (Å²) in [6.07, 6.45) is 6.75. The molecular weight excluding hydrogens is 348 g/mol. The molecular formula is C22H24N6. The van der Waals surface area contributed by atoms with Gasteiger partial charge in [-0.1, -0.05) is 6.07 Å². The Kier molecular flexibility index (Phi) is 4.11. The number of rotatable bonds is 5. The molecule has 2 aliphatic rings. The average molecular weight is 372 g/mol. The molecule has 1 fully saturated rings. The monoisotopic (exact) mass is 372 g/mol. The van der Waals surface area contributed by atoms with Crippen molar-refractivity contribution >= 4 is 28.5 Å². The fourth-order valence-corrected chi connectivity index (χ4v) is 3.67. The Morgan fingerprint density at radius 1 is 1.14 bits per heavy atom. The number of amidine groups is 1. The van der Waals surface area contributed by atoms with Crippen LogP contribution in [-0.2, 0) is 0 Å². The third kappa shape index (κ3) is 3.50. The SMILES string of the molecule is Cc1cc(NC2=NCC(C3CC3)=C2)nc(N[C@@H](C)c2ccc3[nH]ccc3c2)n1. The van der Waals surface area contributed by atoms with E-state index in [2.05, 4.69) is 67.8 Å². The highest BCUT2D eigenvalue weighted by Crippen LogP contribution is 2.37. The number of nitrogens with zero attached hydrogens (tertiary/aromatic N) is 3. The second kappa shape index (κ2) is 6.78. The molecule has 142 valence electrons. The van der Waals surface area contributed by atoms with E-state index in [1.54, 1.807) is 0 Å². The van der Waals surface area contributed by atoms with E-state index in [1.807, 2.05) is 19.2 Å². The van der Waals surface area contributed by atoms with Crippen LogP contribution in [0, 0.1) is 12.8 Å². The highest BCUT2D eigenvalue weighted by Gasteiger charge is 2.27. The molecule has 0 bridgehead atoms. The first kappa shape index (κ1) is 17.0. The van der Waals surface area contributed by atoms with E-state index in [4.69, 9.17) is 0 Å². The molecule has 3 heterocycles. The number of hydrogen-bond donors (Lipinski definition) is 3. The van der Waals surface area contributed by atoms with Gasteiger partial charge in [0.05, 0.1) is 12.6 Å². The Morgan fingerprint density at radius 2 is 2.04 bits per heavy atom. The van der Waals surface area contributed by atoms with Crippen LogP contribution in [0.3, 0.4) is 0 Å². The van der Waals surface area contributed by atoms with Crippen molar-refractivity contribution in [2.75, 3.05) is 17.2 Å². The molecule has 1 saturated carbocycles. The maximum Gasteiger partial charge on any atom is 0.225 e. The molecule has 1 aromatic carbocycles. The van der Waals surface area contributed by atoms with E-state index in [-0.39, 0.29) is 6.04 Å². The second-order valence-electron chi connectivity index (χ2n) is 7.73. The van der Waals surface area contributed by atoms with Crippen LogP contribution in [0.2, 0.25) is 0 Å². The minimum atomic E-state index is 0.0964. The van der Waals surface area contributed by atoms with Crippen molar-refractivity contribution in [3.63, 3.8) is 0 Å². The largest absolute Gasteiger partial charge is 0.361 e. The third-order valence-electron chi connectivity index (χ3n) is 5.39. The topological polar surface area (TPSA) is 78.0 Å². The van der Waals surface area contributed by atoms with Gasteiger partial charge < -0.3 is 15.6 Å². The van der Waals surface area contributed by atoms with Gasteiger partial charge in [-0.15, -0.1) is 0 Å². The van der Waals surface area contributed by atoms with Crippen molar-refractivity contribution in [2.45, 2.75) is 32.7 Å². The summed E-state index contributed by atoms with van der Waals surface area (Å²) in [6, 6.07) is 10.6. The number of aromatic nitrogens is 3. The van der Waals surface area contributed by atoms with Crippen molar-refractivity contribution in [2.24, 2.45) is 10.9 Å². The van der Waals surface area contributed by atoms with Gasteiger partial charge in [-0.2, -0.15) is 4.98 Å². The van der Waals surface area contributed by atoms with Crippen LogP contribution in [0.4, 0.5) is 11.8 Å². The summed E-state index contributed by atoms with van der Waals surface area (Å²) < 4.78 is 0. The maximum atomic E-state index is 4.65. The number of nitrogens with one attached hydrogen (secondary N) is 3. The number of hydrogen-bond acceptors (Lipinski definition) is 5. The number of aryl methyl sites for hydroxylation is 1. The molecule has 0 amide bonds. The molecule has 3 N–H and O–H groups in total. The standard InChI is InChI=1S/C22H24N6/c1-13-9-21(27-20-11-18(12-24-20)15-3-4-15)28-22(25-13)26-14(2)16-5-6-19-17(10-16)7-8-23-19/h5-11,14-15,23H,3-4,12H2,1-2H3,(H2,24,25,26,27,28)/t14-/m0/s1. The zero-order chi connectivity index (χ0) is 19.1. The Bertz CT molecular complexity index is 1090. The molecule has 5 rings (SSSR count). The number of anilines is 2. The van der Waals surface area contributed by atoms with Crippen LogP contribution in [0.15, 0.2) is 53.2 Å². The maximum absolute atomic E-state index is 4.65. The fraction of sp³-hybridized carbons (Fsp3) is 0.318. The number of benzene rings is 1. The minimum Gasteiger partial charge on any atom is -0.361 e. The molecule has 0 unspecified atom stereocenters. The molecule has 0 radical (unpaired) electrons. The van der Waals surface area contributed by atoms with Gasteiger partial charge in [0.2, 0.25) is 5.95 Å². The van der Waals surface area contributed by atoms with Crippen LogP contribution in [0.5, 0.6) is 0 Å². The molecule has 1 aliphatic heterocycles. The van der Waals surface area contributed by atoms with Gasteiger partial charge in [0.1, 0.15) is 11.7 Å². The second-order valence-corrected chi connectivity index (χ2v) is 7.73. The molecule has 1 aliphatic carbocycles. The van der Waals surface area contributed by atoms with Crippen LogP contribution in [-0.4, -0.2) is 27.3 Å². The zero-order valence-electron chi connectivity index (χ0n) is 16.2. The van der Waals surface area contributed by atoms with Gasteiger partial charge in [0.25, 0.3) is 0 Å². The fourth-order valence-electron chi connectivity index (χ4n) is 3.67. The van der Waals surface area contributed by atoms with Crippen molar-refractivity contribution in [1.82, 2.24) is 15.0 Å². The molecule has 1 atom stereocenters. The molecule has 6 nitrogen and oxygen atoms in total. The summed E-state index contributed by atoms with van der Waals surface area (Å²) >= 11 is 0. The van der Waals surface area contributed by atoms with Crippen molar-refractivity contribution in [1.29, 1.82) is 0 Å². The predicted octanol–water partition coefficient (Wildman–Crippen LogP) is 4.60. The van der Waals surface area contributed by atoms with Crippen LogP contribution in [0.25, 0.3) is 10.9 Å². The van der Waals surface area contributed by atoms with Gasteiger partial charge in [0.15, 0.2) is 0 Å². The normalized spacial score (nSPS) is 17.4. The third-order valence-corrected chi connectivity index (χ3v) is 5.39. The Labute approximate surface area is 164 Å². The quantitative estimate of drug-likeness (QED) is 0.612. The highest BCUT2D eigenvalue weighted by atomic mass is 15.2. The van der Waals surface area contributed by atoms with E-state index in [0.29, 0.717) is 5.95 Å². The van der Waals surface area contributed by atoms with Crippen LogP contribution >= 0.6 is 0 Å². The molecule has 2 aromatic heterocycles. The molecule has 0 saturated heterocycles. The number of aromatic amines is 1. The summed E-state index contributed by atoms with van der Waals surface area (Å²) in [6.45, 7) is 4.93. The molecule has 28 heavy (non-hydrogen) atoms. The van der Waals surface area contributed by atoms with E-state index in [0.717, 1.165) is 35.3 Å². The van der Waals surface area contributed by atoms with Gasteiger partial charge in [-0.3, -0.25) is 4.99 Å². The summed E-state index contributed by atoms with van der Waals surface area (Å²) in [5.74, 6) is 3.05. The molecule has 6 heteroatoms. The molecule has 3 aromatic rings. The Balaban J connectivity index is 1.32. The van der Waals surface area contributed by atoms with E-state index in [1.165, 1.54) is 29.4 Å². The van der Waals surface area contributed by atoms with E-state index in [9.17, 15) is 0 Å². The first-order chi connectivity index (χ1) is 13.6. The van der Waals surface area contributed by atoms with Gasteiger partial charge >= 0.3 is 0 Å². The molecule has 0 spiro atoms. The summed E-state index contributed by atoms with van der Waals surface area (Å²) in [5.41, 5.74) is 4.70. The first-order valence-electron chi connectivity index (χ1n) is 9.85. The average Bonchev–Trinajstić information content (AvgIpc) is 3.23. The lowest BCUT2D eigenvalue weighted by atomic mass is 10.1. The van der Waals surface area contributed by atoms with Gasteiger partial charge in [-0.25, -0.2) is 4.98 Å². The lowest BCUT2D eigenvalue weighted by Crippen LogP contribution is -2.13. The minimum absolute atomic E-state index is 0.0964. The van der Waals surface area contributed by atoms with Crippen molar-refractivity contribution in [3.05, 3.63) is 59.4 Å². The first-order valence-corrected chi connectivity index (χ1v) is 9.85. The number of aliphatic imine (C=N–C) groups is 1. The Hall–Kier alpha value is -3.15. The predicted molar refractivity (Wildman–Crippen MR) is 114 cm³/mol. The Morgan fingerprint density at radius 3 is 2.89 bits per heavy atom. The van der Waals surface area contributed by atoms with E-state index < -0.39 is 0 Å².